The van der Waals surface area contributed by atoms with Crippen LogP contribution in [0.3, 0.4) is 0 Å². The number of halogens is 1. The van der Waals surface area contributed by atoms with Gasteiger partial charge >= 0.3 is 0 Å². The van der Waals surface area contributed by atoms with E-state index in [1.165, 1.54) is 4.90 Å². The van der Waals surface area contributed by atoms with Crippen molar-refractivity contribution in [2.24, 2.45) is 5.41 Å². The second-order valence-electron chi connectivity index (χ2n) is 5.42. The maximum atomic E-state index is 13.4. The Balaban J connectivity index is 2.18. The highest BCUT2D eigenvalue weighted by molar-refractivity contribution is 5.95. The van der Waals surface area contributed by atoms with Gasteiger partial charge in [0.1, 0.15) is 5.82 Å². The first-order valence-electron chi connectivity index (χ1n) is 6.50. The molecule has 0 atom stereocenters. The van der Waals surface area contributed by atoms with Crippen LogP contribution in [0.1, 0.15) is 30.1 Å². The molecule has 0 N–H and O–H groups in total. The number of benzene rings is 1. The maximum absolute atomic E-state index is 13.4. The van der Waals surface area contributed by atoms with Gasteiger partial charge in [-0.15, -0.1) is 0 Å². The summed E-state index contributed by atoms with van der Waals surface area (Å²) >= 11 is 0. The molecule has 2 rings (SSSR count). The molecule has 1 amide bonds. The van der Waals surface area contributed by atoms with Crippen molar-refractivity contribution in [3.05, 3.63) is 39.7 Å². The highest BCUT2D eigenvalue weighted by atomic mass is 19.1. The number of nitrogens with zero attached hydrogens (tertiary/aromatic N) is 3. The van der Waals surface area contributed by atoms with Crippen molar-refractivity contribution in [3.63, 3.8) is 0 Å². The number of piperidine rings is 1. The van der Waals surface area contributed by atoms with E-state index in [1.54, 1.807) is 0 Å². The summed E-state index contributed by atoms with van der Waals surface area (Å²) in [4.78, 5) is 23.8. The molecule has 21 heavy (non-hydrogen) atoms. The first kappa shape index (κ1) is 14.9. The average molecular weight is 291 g/mol. The number of non-ortho nitro benzene ring substituents is 1. The molecule has 0 saturated carbocycles. The summed E-state index contributed by atoms with van der Waals surface area (Å²) in [5.41, 5.74) is -0.940. The smallest absolute Gasteiger partial charge is 0.273 e. The van der Waals surface area contributed by atoms with Crippen molar-refractivity contribution in [2.75, 3.05) is 13.1 Å². The van der Waals surface area contributed by atoms with Gasteiger partial charge in [0.25, 0.3) is 11.6 Å². The summed E-state index contributed by atoms with van der Waals surface area (Å²) in [6.45, 7) is 2.60. The van der Waals surface area contributed by atoms with Gasteiger partial charge in [0.2, 0.25) is 0 Å². The lowest BCUT2D eigenvalue weighted by atomic mass is 9.82. The highest BCUT2D eigenvalue weighted by Crippen LogP contribution is 2.30. The van der Waals surface area contributed by atoms with Crippen LogP contribution in [0, 0.1) is 32.7 Å². The number of nitro benzene ring substituents is 1. The number of likely N-dealkylation sites (tertiary alicyclic amines) is 1. The molecule has 1 saturated heterocycles. The molecule has 0 unspecified atom stereocenters. The number of hydrogen-bond donors (Lipinski definition) is 0. The van der Waals surface area contributed by atoms with E-state index in [0.29, 0.717) is 25.9 Å². The predicted octanol–water partition coefficient (Wildman–Crippen LogP) is 2.50. The molecule has 0 aliphatic carbocycles. The minimum absolute atomic E-state index is 0.0396. The van der Waals surface area contributed by atoms with E-state index in [0.717, 1.165) is 18.2 Å². The molecule has 1 fully saturated rings. The van der Waals surface area contributed by atoms with Crippen molar-refractivity contribution in [2.45, 2.75) is 19.8 Å². The Hall–Kier alpha value is -2.49. The summed E-state index contributed by atoms with van der Waals surface area (Å²) in [7, 11) is 0. The first-order chi connectivity index (χ1) is 9.84. The largest absolute Gasteiger partial charge is 0.339 e. The number of carbonyl (C=O) groups is 1. The minimum Gasteiger partial charge on any atom is -0.339 e. The van der Waals surface area contributed by atoms with Crippen LogP contribution < -0.4 is 0 Å². The van der Waals surface area contributed by atoms with Gasteiger partial charge in [-0.05, 0) is 25.8 Å². The fourth-order valence-corrected chi connectivity index (χ4v) is 2.30. The van der Waals surface area contributed by atoms with Gasteiger partial charge in [-0.3, -0.25) is 14.9 Å². The van der Waals surface area contributed by atoms with Gasteiger partial charge in [0, 0.05) is 24.7 Å². The van der Waals surface area contributed by atoms with Crippen molar-refractivity contribution in [1.82, 2.24) is 4.90 Å². The van der Waals surface area contributed by atoms with E-state index in [9.17, 15) is 19.3 Å². The number of nitro groups is 1. The topological polar surface area (TPSA) is 87.2 Å². The molecule has 0 bridgehead atoms. The van der Waals surface area contributed by atoms with Crippen LogP contribution in [0.15, 0.2) is 18.2 Å². The SMILES string of the molecule is CC1(C#N)CCN(C(=O)c2cc(F)cc([N+](=O)[O-])c2)CC1. The predicted molar refractivity (Wildman–Crippen MR) is 71.9 cm³/mol. The Morgan fingerprint density at radius 3 is 2.57 bits per heavy atom. The number of rotatable bonds is 2. The monoisotopic (exact) mass is 291 g/mol. The molecule has 1 heterocycles. The molecule has 1 aromatic carbocycles. The quantitative estimate of drug-likeness (QED) is 0.618. The zero-order chi connectivity index (χ0) is 15.6. The second-order valence-corrected chi connectivity index (χ2v) is 5.42. The molecule has 1 aliphatic heterocycles. The summed E-state index contributed by atoms with van der Waals surface area (Å²) in [5.74, 6) is -1.26. The Morgan fingerprint density at radius 2 is 2.05 bits per heavy atom. The Kier molecular flexibility index (Phi) is 3.89. The van der Waals surface area contributed by atoms with Crippen LogP contribution in [0.4, 0.5) is 10.1 Å². The third-order valence-electron chi connectivity index (χ3n) is 3.76. The van der Waals surface area contributed by atoms with E-state index in [4.69, 9.17) is 5.26 Å². The van der Waals surface area contributed by atoms with E-state index < -0.39 is 27.8 Å². The summed E-state index contributed by atoms with van der Waals surface area (Å²) in [5, 5.41) is 19.8. The van der Waals surface area contributed by atoms with Gasteiger partial charge < -0.3 is 4.90 Å². The molecule has 6 nitrogen and oxygen atoms in total. The van der Waals surface area contributed by atoms with Crippen LogP contribution >= 0.6 is 0 Å². The molecule has 0 aromatic heterocycles. The fraction of sp³-hybridized carbons (Fsp3) is 0.429. The molecular weight excluding hydrogens is 277 g/mol. The lowest BCUT2D eigenvalue weighted by molar-refractivity contribution is -0.385. The van der Waals surface area contributed by atoms with Crippen LogP contribution in [-0.2, 0) is 0 Å². The lowest BCUT2D eigenvalue weighted by Crippen LogP contribution is -2.41. The van der Waals surface area contributed by atoms with Crippen LogP contribution in [-0.4, -0.2) is 28.8 Å². The van der Waals surface area contributed by atoms with Crippen LogP contribution in [0.5, 0.6) is 0 Å². The number of carbonyl (C=O) groups excluding carboxylic acids is 1. The number of hydrogen-bond acceptors (Lipinski definition) is 4. The normalized spacial score (nSPS) is 17.1. The third-order valence-corrected chi connectivity index (χ3v) is 3.76. The third kappa shape index (κ3) is 3.16. The zero-order valence-corrected chi connectivity index (χ0v) is 11.5. The van der Waals surface area contributed by atoms with Gasteiger partial charge in [0.15, 0.2) is 0 Å². The second kappa shape index (κ2) is 5.48. The van der Waals surface area contributed by atoms with E-state index in [2.05, 4.69) is 6.07 Å². The molecule has 0 spiro atoms. The molecule has 1 aliphatic rings. The van der Waals surface area contributed by atoms with E-state index in [-0.39, 0.29) is 5.56 Å². The maximum Gasteiger partial charge on any atom is 0.273 e. The molecule has 0 radical (unpaired) electrons. The van der Waals surface area contributed by atoms with Crippen molar-refractivity contribution >= 4 is 11.6 Å². The van der Waals surface area contributed by atoms with E-state index >= 15 is 0 Å². The highest BCUT2D eigenvalue weighted by Gasteiger charge is 2.32. The van der Waals surface area contributed by atoms with Gasteiger partial charge in [0.05, 0.1) is 22.5 Å². The summed E-state index contributed by atoms with van der Waals surface area (Å²) in [6.07, 6.45) is 1.07. The Bertz CT molecular complexity index is 631. The minimum atomic E-state index is -0.813. The van der Waals surface area contributed by atoms with Gasteiger partial charge in [-0.2, -0.15) is 5.26 Å². The van der Waals surface area contributed by atoms with Crippen LogP contribution in [0.2, 0.25) is 0 Å². The van der Waals surface area contributed by atoms with Gasteiger partial charge in [-0.25, -0.2) is 4.39 Å². The van der Waals surface area contributed by atoms with Crippen molar-refractivity contribution in [1.29, 1.82) is 5.26 Å². The van der Waals surface area contributed by atoms with Crippen molar-refractivity contribution < 1.29 is 14.1 Å². The average Bonchev–Trinajstić information content (AvgIpc) is 2.46. The van der Waals surface area contributed by atoms with Crippen LogP contribution in [0.25, 0.3) is 0 Å². The molecule has 7 heteroatoms. The summed E-state index contributed by atoms with van der Waals surface area (Å²) in [6, 6.07) is 5.07. The lowest BCUT2D eigenvalue weighted by Gasteiger charge is -2.34. The number of nitriles is 1. The van der Waals surface area contributed by atoms with Gasteiger partial charge in [-0.1, -0.05) is 0 Å². The zero-order valence-electron chi connectivity index (χ0n) is 11.5. The summed E-state index contributed by atoms with van der Waals surface area (Å²) < 4.78 is 13.4. The van der Waals surface area contributed by atoms with E-state index in [1.807, 2.05) is 6.92 Å². The molecule has 1 aromatic rings. The first-order valence-corrected chi connectivity index (χ1v) is 6.50. The Morgan fingerprint density at radius 1 is 1.43 bits per heavy atom. The molecule has 110 valence electrons. The standard InChI is InChI=1S/C14H14FN3O3/c1-14(9-16)2-4-17(5-3-14)13(19)10-6-11(15)8-12(7-10)18(20)21/h6-8H,2-5H2,1H3. The number of amides is 1. The van der Waals surface area contributed by atoms with Crippen molar-refractivity contribution in [3.8, 4) is 6.07 Å². The molecular formula is C14H14FN3O3. The Labute approximate surface area is 120 Å². The fourth-order valence-electron chi connectivity index (χ4n) is 2.30.